The number of hydrogen-bond acceptors (Lipinski definition) is 3. The Labute approximate surface area is 143 Å². The third kappa shape index (κ3) is 4.80. The number of aryl methyl sites for hydroxylation is 3. The molecule has 0 bridgehead atoms. The fourth-order valence-electron chi connectivity index (χ4n) is 3.18. The van der Waals surface area contributed by atoms with Crippen molar-refractivity contribution in [3.05, 3.63) is 27.7 Å². The maximum Gasteiger partial charge on any atom is 0.191 e. The molecule has 0 aromatic carbocycles. The normalized spacial score (nSPS) is 18.2. The van der Waals surface area contributed by atoms with Gasteiger partial charge < -0.3 is 10.6 Å². The summed E-state index contributed by atoms with van der Waals surface area (Å²) in [4.78, 5) is 11.1. The topological polar surface area (TPSA) is 49.3 Å². The summed E-state index contributed by atoms with van der Waals surface area (Å²) in [5, 5.41) is 8.17. The fraction of sp³-hybridized carbons (Fsp3) is 0.667. The number of thiazole rings is 1. The summed E-state index contributed by atoms with van der Waals surface area (Å²) < 4.78 is 0. The summed E-state index contributed by atoms with van der Waals surface area (Å²) in [6.45, 7) is 3.88. The first kappa shape index (κ1) is 16.5. The van der Waals surface area contributed by atoms with E-state index in [1.54, 1.807) is 4.88 Å². The van der Waals surface area contributed by atoms with Crippen LogP contribution in [-0.4, -0.2) is 30.1 Å². The molecule has 0 aliphatic heterocycles. The summed E-state index contributed by atoms with van der Waals surface area (Å²) in [5.74, 6) is 0.958. The van der Waals surface area contributed by atoms with Crippen LogP contribution in [0, 0.1) is 0 Å². The molecule has 126 valence electrons. The number of aliphatic imine (C=N–C) groups is 1. The summed E-state index contributed by atoms with van der Waals surface area (Å²) in [6, 6.07) is 0.512. The van der Waals surface area contributed by atoms with Crippen molar-refractivity contribution in [3.63, 3.8) is 0 Å². The van der Waals surface area contributed by atoms with Crippen molar-refractivity contribution in [2.24, 2.45) is 4.99 Å². The van der Waals surface area contributed by atoms with Gasteiger partial charge in [-0.2, -0.15) is 0 Å². The Morgan fingerprint density at radius 2 is 2.13 bits per heavy atom. The number of guanidine groups is 1. The SMILES string of the molecule is CCNC(=NCCCc1nc2c(s1)CCCC2)NC1CC=CC1. The van der Waals surface area contributed by atoms with Gasteiger partial charge in [0, 0.05) is 30.4 Å². The van der Waals surface area contributed by atoms with Crippen LogP contribution in [0.5, 0.6) is 0 Å². The Morgan fingerprint density at radius 1 is 1.30 bits per heavy atom. The molecule has 3 rings (SSSR count). The van der Waals surface area contributed by atoms with Crippen LogP contribution in [0.4, 0.5) is 0 Å². The van der Waals surface area contributed by atoms with Crippen LogP contribution < -0.4 is 10.6 Å². The molecule has 1 aromatic heterocycles. The maximum atomic E-state index is 4.82. The van der Waals surface area contributed by atoms with Crippen LogP contribution in [0.1, 0.15) is 54.6 Å². The second kappa shape index (κ2) is 8.48. The fourth-order valence-corrected chi connectivity index (χ4v) is 4.38. The summed E-state index contributed by atoms with van der Waals surface area (Å²) in [7, 11) is 0. The van der Waals surface area contributed by atoms with Gasteiger partial charge in [-0.1, -0.05) is 12.2 Å². The lowest BCUT2D eigenvalue weighted by atomic mass is 10.0. The van der Waals surface area contributed by atoms with Crippen molar-refractivity contribution in [2.75, 3.05) is 13.1 Å². The highest BCUT2D eigenvalue weighted by molar-refractivity contribution is 7.11. The van der Waals surface area contributed by atoms with E-state index in [1.165, 1.54) is 36.4 Å². The van der Waals surface area contributed by atoms with Gasteiger partial charge in [0.1, 0.15) is 0 Å². The van der Waals surface area contributed by atoms with E-state index in [0.29, 0.717) is 6.04 Å². The van der Waals surface area contributed by atoms with Crippen molar-refractivity contribution < 1.29 is 0 Å². The largest absolute Gasteiger partial charge is 0.357 e. The molecular weight excluding hydrogens is 304 g/mol. The van der Waals surface area contributed by atoms with E-state index in [4.69, 9.17) is 9.98 Å². The van der Waals surface area contributed by atoms with E-state index in [0.717, 1.165) is 44.7 Å². The molecule has 0 saturated heterocycles. The molecule has 2 aliphatic carbocycles. The second-order valence-electron chi connectivity index (χ2n) is 6.33. The van der Waals surface area contributed by atoms with Crippen molar-refractivity contribution in [1.29, 1.82) is 0 Å². The summed E-state index contributed by atoms with van der Waals surface area (Å²) >= 11 is 1.93. The zero-order valence-corrected chi connectivity index (χ0v) is 14.9. The minimum Gasteiger partial charge on any atom is -0.357 e. The van der Waals surface area contributed by atoms with Crippen molar-refractivity contribution >= 4 is 17.3 Å². The van der Waals surface area contributed by atoms with Gasteiger partial charge in [-0.15, -0.1) is 11.3 Å². The van der Waals surface area contributed by atoms with Gasteiger partial charge >= 0.3 is 0 Å². The Bertz CT molecular complexity index is 530. The quantitative estimate of drug-likeness (QED) is 0.364. The molecular formula is C18H28N4S. The van der Waals surface area contributed by atoms with Crippen LogP contribution >= 0.6 is 11.3 Å². The van der Waals surface area contributed by atoms with Gasteiger partial charge in [0.25, 0.3) is 0 Å². The van der Waals surface area contributed by atoms with Gasteiger partial charge in [0.05, 0.1) is 10.7 Å². The Kier molecular flexibility index (Phi) is 6.08. The van der Waals surface area contributed by atoms with E-state index in [-0.39, 0.29) is 0 Å². The predicted molar refractivity (Wildman–Crippen MR) is 98.4 cm³/mol. The predicted octanol–water partition coefficient (Wildman–Crippen LogP) is 3.23. The third-order valence-corrected chi connectivity index (χ3v) is 5.62. The maximum absolute atomic E-state index is 4.82. The lowest BCUT2D eigenvalue weighted by Crippen LogP contribution is -2.42. The molecule has 23 heavy (non-hydrogen) atoms. The number of nitrogens with one attached hydrogen (secondary N) is 2. The lowest BCUT2D eigenvalue weighted by Gasteiger charge is -2.16. The van der Waals surface area contributed by atoms with Crippen LogP contribution in [0.3, 0.4) is 0 Å². The molecule has 2 N–H and O–H groups in total. The average molecular weight is 333 g/mol. The van der Waals surface area contributed by atoms with Gasteiger partial charge in [0.15, 0.2) is 5.96 Å². The standard InChI is InChI=1S/C18H28N4S/c1-2-19-18(21-14-8-3-4-9-14)20-13-7-12-17-22-15-10-5-6-11-16(15)23-17/h3-4,14H,2,5-13H2,1H3,(H2,19,20,21). The van der Waals surface area contributed by atoms with E-state index in [9.17, 15) is 0 Å². The summed E-state index contributed by atoms with van der Waals surface area (Å²) in [6.07, 6.45) is 13.9. The van der Waals surface area contributed by atoms with Gasteiger partial charge in [-0.25, -0.2) is 4.98 Å². The van der Waals surface area contributed by atoms with E-state index >= 15 is 0 Å². The Hall–Kier alpha value is -1.36. The highest BCUT2D eigenvalue weighted by atomic mass is 32.1. The van der Waals surface area contributed by atoms with Gasteiger partial charge in [0.2, 0.25) is 0 Å². The van der Waals surface area contributed by atoms with Crippen LogP contribution in [0.15, 0.2) is 17.1 Å². The van der Waals surface area contributed by atoms with Crippen molar-refractivity contribution in [2.45, 2.75) is 64.3 Å². The highest BCUT2D eigenvalue weighted by Gasteiger charge is 2.15. The van der Waals surface area contributed by atoms with Crippen molar-refractivity contribution in [3.8, 4) is 0 Å². The molecule has 0 unspecified atom stereocenters. The van der Waals surface area contributed by atoms with E-state index in [1.807, 2.05) is 11.3 Å². The first-order valence-electron chi connectivity index (χ1n) is 9.02. The first-order valence-corrected chi connectivity index (χ1v) is 9.84. The minimum atomic E-state index is 0.512. The molecule has 0 atom stereocenters. The zero-order chi connectivity index (χ0) is 15.9. The number of fused-ring (bicyclic) bond motifs is 1. The molecule has 0 fully saturated rings. The van der Waals surface area contributed by atoms with E-state index < -0.39 is 0 Å². The number of rotatable bonds is 6. The van der Waals surface area contributed by atoms with Crippen LogP contribution in [0.2, 0.25) is 0 Å². The summed E-state index contributed by atoms with van der Waals surface area (Å²) in [5.41, 5.74) is 1.38. The second-order valence-corrected chi connectivity index (χ2v) is 7.50. The Morgan fingerprint density at radius 3 is 2.91 bits per heavy atom. The smallest absolute Gasteiger partial charge is 0.191 e. The number of nitrogens with zero attached hydrogens (tertiary/aromatic N) is 2. The third-order valence-electron chi connectivity index (χ3n) is 4.40. The zero-order valence-electron chi connectivity index (χ0n) is 14.1. The van der Waals surface area contributed by atoms with Crippen LogP contribution in [0.25, 0.3) is 0 Å². The number of hydrogen-bond donors (Lipinski definition) is 2. The first-order chi connectivity index (χ1) is 11.3. The molecule has 0 radical (unpaired) electrons. The molecule has 5 heteroatoms. The monoisotopic (exact) mass is 332 g/mol. The number of aromatic nitrogens is 1. The van der Waals surface area contributed by atoms with Crippen LogP contribution in [-0.2, 0) is 19.3 Å². The minimum absolute atomic E-state index is 0.512. The molecule has 2 aliphatic rings. The average Bonchev–Trinajstić information content (AvgIpc) is 3.20. The molecule has 0 amide bonds. The molecule has 0 saturated carbocycles. The molecule has 1 heterocycles. The lowest BCUT2D eigenvalue weighted by molar-refractivity contribution is 0.632. The molecule has 0 spiro atoms. The van der Waals surface area contributed by atoms with Crippen molar-refractivity contribution in [1.82, 2.24) is 15.6 Å². The molecule has 4 nitrogen and oxygen atoms in total. The van der Waals surface area contributed by atoms with E-state index in [2.05, 4.69) is 29.7 Å². The van der Waals surface area contributed by atoms with Gasteiger partial charge in [-0.3, -0.25) is 4.99 Å². The molecule has 1 aromatic rings. The van der Waals surface area contributed by atoms with Gasteiger partial charge in [-0.05, 0) is 51.9 Å². The highest BCUT2D eigenvalue weighted by Crippen LogP contribution is 2.27. The Balaban J connectivity index is 1.45.